The number of benzene rings is 4. The third-order valence-corrected chi connectivity index (χ3v) is 7.26. The minimum atomic E-state index is -4.56. The molecule has 0 unspecified atom stereocenters. The summed E-state index contributed by atoms with van der Waals surface area (Å²) in [6, 6.07) is 27.3. The second kappa shape index (κ2) is 14.0. The van der Waals surface area contributed by atoms with Crippen molar-refractivity contribution in [2.45, 2.75) is 9.79 Å². The summed E-state index contributed by atoms with van der Waals surface area (Å²) >= 11 is 0. The molecule has 38 heavy (non-hydrogen) atoms. The van der Waals surface area contributed by atoms with E-state index in [9.17, 15) is 25.9 Å². The van der Waals surface area contributed by atoms with Crippen LogP contribution >= 0.6 is 0 Å². The Kier molecular flexibility index (Phi) is 11.9. The van der Waals surface area contributed by atoms with Crippen molar-refractivity contribution in [1.82, 2.24) is 0 Å². The molecule has 0 aliphatic carbocycles. The van der Waals surface area contributed by atoms with E-state index in [-0.39, 0.29) is 68.9 Å². The van der Waals surface area contributed by atoms with Crippen LogP contribution in [0.5, 0.6) is 0 Å². The topological polar surface area (TPSA) is 114 Å². The van der Waals surface area contributed by atoms with Gasteiger partial charge in [0.15, 0.2) is 0 Å². The van der Waals surface area contributed by atoms with Crippen molar-refractivity contribution in [3.8, 4) is 11.1 Å². The van der Waals surface area contributed by atoms with Gasteiger partial charge >= 0.3 is 59.1 Å². The van der Waals surface area contributed by atoms with Crippen LogP contribution < -0.4 is 59.1 Å². The molecule has 0 N–H and O–H groups in total. The second-order valence-corrected chi connectivity index (χ2v) is 10.6. The van der Waals surface area contributed by atoms with Gasteiger partial charge in [0.1, 0.15) is 20.2 Å². The van der Waals surface area contributed by atoms with Gasteiger partial charge in [0.05, 0.1) is 9.79 Å². The largest absolute Gasteiger partial charge is 1.00 e. The molecule has 6 nitrogen and oxygen atoms in total. The Morgan fingerprint density at radius 2 is 0.763 bits per heavy atom. The summed E-state index contributed by atoms with van der Waals surface area (Å²) in [6.07, 6.45) is 6.66. The molecule has 0 aliphatic heterocycles. The normalized spacial score (nSPS) is 11.7. The molecular formula is C28H20Na2O6S2. The van der Waals surface area contributed by atoms with Gasteiger partial charge in [-0.2, -0.15) is 0 Å². The van der Waals surface area contributed by atoms with Crippen LogP contribution in [0, 0.1) is 0 Å². The van der Waals surface area contributed by atoms with E-state index >= 15 is 0 Å². The van der Waals surface area contributed by atoms with Crippen molar-refractivity contribution in [2.75, 3.05) is 0 Å². The monoisotopic (exact) mass is 562 g/mol. The molecule has 0 fully saturated rings. The van der Waals surface area contributed by atoms with Crippen LogP contribution in [0.3, 0.4) is 0 Å². The first kappa shape index (κ1) is 32.4. The Labute approximate surface area is 267 Å². The fourth-order valence-electron chi connectivity index (χ4n) is 3.64. The van der Waals surface area contributed by atoms with Gasteiger partial charge in [-0.3, -0.25) is 0 Å². The molecule has 0 aromatic heterocycles. The van der Waals surface area contributed by atoms with Gasteiger partial charge in [-0.25, -0.2) is 16.8 Å². The van der Waals surface area contributed by atoms with E-state index < -0.39 is 20.2 Å². The summed E-state index contributed by atoms with van der Waals surface area (Å²) in [5.41, 5.74) is 4.26. The average Bonchev–Trinajstić information content (AvgIpc) is 2.86. The Bertz CT molecular complexity index is 1530. The maximum Gasteiger partial charge on any atom is 1.00 e. The van der Waals surface area contributed by atoms with Crippen LogP contribution in [0.1, 0.15) is 22.3 Å². The quantitative estimate of drug-likeness (QED) is 0.171. The first-order chi connectivity index (χ1) is 17.1. The second-order valence-electron chi connectivity index (χ2n) is 7.89. The molecule has 0 bridgehead atoms. The van der Waals surface area contributed by atoms with Gasteiger partial charge in [-0.05, 0) is 45.5 Å². The smallest absolute Gasteiger partial charge is 0.744 e. The van der Waals surface area contributed by atoms with Crippen LogP contribution in [0.15, 0.2) is 107 Å². The van der Waals surface area contributed by atoms with Crippen LogP contribution in [-0.2, 0) is 20.2 Å². The number of hydrogen-bond acceptors (Lipinski definition) is 6. The maximum atomic E-state index is 11.4. The molecule has 0 atom stereocenters. The van der Waals surface area contributed by atoms with Crippen LogP contribution in [0.25, 0.3) is 35.4 Å². The summed E-state index contributed by atoms with van der Waals surface area (Å²) in [6.45, 7) is 0. The first-order valence-electron chi connectivity index (χ1n) is 10.8. The zero-order valence-corrected chi connectivity index (χ0v) is 26.4. The Hall–Kier alpha value is -1.82. The minimum Gasteiger partial charge on any atom is -0.744 e. The predicted molar refractivity (Wildman–Crippen MR) is 139 cm³/mol. The summed E-state index contributed by atoms with van der Waals surface area (Å²) in [5.74, 6) is 0. The number of hydrogen-bond donors (Lipinski definition) is 0. The Morgan fingerprint density at radius 3 is 1.08 bits per heavy atom. The molecule has 0 radical (unpaired) electrons. The average molecular weight is 563 g/mol. The molecule has 0 heterocycles. The van der Waals surface area contributed by atoms with E-state index in [1.54, 1.807) is 48.6 Å². The molecule has 0 aliphatic rings. The molecule has 0 saturated carbocycles. The van der Waals surface area contributed by atoms with E-state index in [0.29, 0.717) is 11.1 Å². The third-order valence-electron chi connectivity index (χ3n) is 5.44. The third kappa shape index (κ3) is 8.59. The maximum absolute atomic E-state index is 11.4. The fraction of sp³-hybridized carbons (Fsp3) is 0. The molecule has 4 aromatic carbocycles. The minimum absolute atomic E-state index is 0. The van der Waals surface area contributed by atoms with Gasteiger partial charge in [-0.1, -0.05) is 109 Å². The van der Waals surface area contributed by atoms with E-state index in [1.807, 2.05) is 48.5 Å². The van der Waals surface area contributed by atoms with Crippen molar-refractivity contribution in [3.63, 3.8) is 0 Å². The molecule has 0 saturated heterocycles. The molecule has 4 rings (SSSR count). The molecular weight excluding hydrogens is 542 g/mol. The molecule has 0 amide bonds. The Balaban J connectivity index is 0.00000253. The summed E-state index contributed by atoms with van der Waals surface area (Å²) in [5, 5.41) is 0. The first-order valence-corrected chi connectivity index (χ1v) is 13.6. The van der Waals surface area contributed by atoms with Crippen LogP contribution in [0.2, 0.25) is 0 Å². The van der Waals surface area contributed by atoms with Gasteiger partial charge in [-0.15, -0.1) is 0 Å². The SMILES string of the molecule is O=S(=O)([O-])c1ccccc1/C=C\c1ccc(-c2ccc(/C=C\c3ccccc3S(=O)(=O)[O-])cc2)cc1.[Na+].[Na+]. The number of rotatable bonds is 7. The zero-order valence-electron chi connectivity index (χ0n) is 20.8. The van der Waals surface area contributed by atoms with Crippen molar-refractivity contribution >= 4 is 44.5 Å². The van der Waals surface area contributed by atoms with Gasteiger partial charge in [0.25, 0.3) is 0 Å². The molecule has 4 aromatic rings. The predicted octanol–water partition coefficient (Wildman–Crippen LogP) is -0.489. The van der Waals surface area contributed by atoms with Gasteiger partial charge < -0.3 is 9.11 Å². The van der Waals surface area contributed by atoms with E-state index in [1.165, 1.54) is 24.3 Å². The summed E-state index contributed by atoms with van der Waals surface area (Å²) in [7, 11) is -9.12. The van der Waals surface area contributed by atoms with E-state index in [4.69, 9.17) is 0 Å². The fourth-order valence-corrected chi connectivity index (χ4v) is 4.98. The molecule has 10 heteroatoms. The molecule has 182 valence electrons. The van der Waals surface area contributed by atoms with Crippen LogP contribution in [-0.4, -0.2) is 25.9 Å². The van der Waals surface area contributed by atoms with E-state index in [0.717, 1.165) is 22.3 Å². The van der Waals surface area contributed by atoms with Crippen LogP contribution in [0.4, 0.5) is 0 Å². The standard InChI is InChI=1S/C28H22O6S2.2Na/c29-35(30,31)27-7-3-1-5-25(27)19-13-21-9-15-23(16-10-21)24-17-11-22(12-18-24)14-20-26-6-2-4-8-28(26)36(32,33)34;;/h1-20H,(H,29,30,31)(H,32,33,34);;/q;2*+1/p-2/b19-13-,20-14-;;. The van der Waals surface area contributed by atoms with Crippen molar-refractivity contribution in [2.24, 2.45) is 0 Å². The van der Waals surface area contributed by atoms with Gasteiger partial charge in [0, 0.05) is 0 Å². The van der Waals surface area contributed by atoms with Gasteiger partial charge in [0.2, 0.25) is 0 Å². The van der Waals surface area contributed by atoms with Crippen molar-refractivity contribution < 1.29 is 85.1 Å². The Morgan fingerprint density at radius 1 is 0.447 bits per heavy atom. The summed E-state index contributed by atoms with van der Waals surface area (Å²) < 4.78 is 68.6. The van der Waals surface area contributed by atoms with E-state index in [2.05, 4.69) is 0 Å². The van der Waals surface area contributed by atoms with Crippen molar-refractivity contribution in [3.05, 3.63) is 119 Å². The summed E-state index contributed by atoms with van der Waals surface area (Å²) in [4.78, 5) is -0.518. The molecule has 0 spiro atoms. The van der Waals surface area contributed by atoms with Crippen molar-refractivity contribution in [1.29, 1.82) is 0 Å². The zero-order chi connectivity index (χ0) is 25.8.